The van der Waals surface area contributed by atoms with Crippen molar-refractivity contribution in [3.05, 3.63) is 328 Å². The molecular weight excluding hydrogens is 1020 g/mol. The Hall–Kier alpha value is -11.2. The second kappa shape index (κ2) is 23.1. The first-order valence-corrected chi connectivity index (χ1v) is 28.4. The monoisotopic (exact) mass is 1070 g/mol. The summed E-state index contributed by atoms with van der Waals surface area (Å²) in [5, 5.41) is 0. The Balaban J connectivity index is 1.02. The van der Waals surface area contributed by atoms with Gasteiger partial charge in [0.05, 0.1) is 0 Å². The fraction of sp³-hybridized carbons (Fsp3) is 0. The van der Waals surface area contributed by atoms with Gasteiger partial charge < -0.3 is 0 Å². The van der Waals surface area contributed by atoms with Gasteiger partial charge in [0.25, 0.3) is 0 Å². The normalized spacial score (nSPS) is 11.1. The van der Waals surface area contributed by atoms with Crippen LogP contribution in [0.3, 0.4) is 0 Å². The summed E-state index contributed by atoms with van der Waals surface area (Å²) >= 11 is 0. The Labute approximate surface area is 490 Å². The minimum absolute atomic E-state index is 0.418. The molecule has 0 radical (unpaired) electrons. The van der Waals surface area contributed by atoms with Crippen molar-refractivity contribution in [2.24, 2.45) is 0 Å². The molecule has 4 nitrogen and oxygen atoms in total. The molecular formula is C80H54N4. The quantitative estimate of drug-likeness (QED) is 0.115. The second-order valence-electron chi connectivity index (χ2n) is 20.8. The molecule has 0 aliphatic rings. The summed E-state index contributed by atoms with van der Waals surface area (Å²) < 4.78 is 0. The van der Waals surface area contributed by atoms with Gasteiger partial charge in [-0.2, -0.15) is 0 Å². The van der Waals surface area contributed by atoms with E-state index in [2.05, 4.69) is 303 Å². The fourth-order valence-electron chi connectivity index (χ4n) is 12.2. The maximum atomic E-state index is 5.23. The van der Waals surface area contributed by atoms with Gasteiger partial charge >= 0.3 is 0 Å². The van der Waals surface area contributed by atoms with E-state index in [0.717, 1.165) is 134 Å². The van der Waals surface area contributed by atoms with Gasteiger partial charge in [-0.25, -0.2) is 19.9 Å². The van der Waals surface area contributed by atoms with Crippen molar-refractivity contribution in [1.82, 2.24) is 19.9 Å². The van der Waals surface area contributed by atoms with E-state index in [1.165, 1.54) is 0 Å². The lowest BCUT2D eigenvalue weighted by Gasteiger charge is -2.28. The zero-order valence-electron chi connectivity index (χ0n) is 46.0. The maximum absolute atomic E-state index is 5.23. The molecule has 0 bridgehead atoms. The van der Waals surface area contributed by atoms with Crippen molar-refractivity contribution in [3.63, 3.8) is 0 Å². The molecule has 394 valence electrons. The number of nitrogens with zero attached hydrogens (tertiary/aromatic N) is 4. The van der Waals surface area contributed by atoms with E-state index in [4.69, 9.17) is 19.9 Å². The Kier molecular flexibility index (Phi) is 14.0. The summed E-state index contributed by atoms with van der Waals surface area (Å²) in [5.74, 6) is 0.836. The number of aromatic nitrogens is 4. The lowest BCUT2D eigenvalue weighted by Crippen LogP contribution is -2.03. The van der Waals surface area contributed by atoms with E-state index in [-0.39, 0.29) is 0 Å². The van der Waals surface area contributed by atoms with Crippen molar-refractivity contribution in [2.75, 3.05) is 0 Å². The highest BCUT2D eigenvalue weighted by Crippen LogP contribution is 2.58. The van der Waals surface area contributed by atoms with Gasteiger partial charge in [0.1, 0.15) is 0 Å². The number of rotatable bonds is 13. The van der Waals surface area contributed by atoms with Crippen LogP contribution in [-0.2, 0) is 0 Å². The molecule has 0 atom stereocenters. The third-order valence-electron chi connectivity index (χ3n) is 15.7. The van der Waals surface area contributed by atoms with Crippen LogP contribution in [0, 0.1) is 0 Å². The molecule has 0 unspecified atom stereocenters. The minimum atomic E-state index is 0.418. The molecule has 2 aromatic heterocycles. The standard InChI is InChI=1S/C80H54N4/c1-11-31-55(32-12-1)67-69(57-35-15-3-16-36-57)73(61-43-23-7-24-44-61)77(74(62-45-25-8-26-46-62)70(67)58-37-17-4-18-38-58)65-51-81-79(82-52-65)80-83-53-66(54-84-80)78-75(63-47-27-9-28-48-63)71(59-39-19-5-20-40-59)68(56-33-13-2-14-34-56)72(60-41-21-6-22-42-60)76(78)64-49-29-10-30-50-64/h1-54H. The van der Waals surface area contributed by atoms with E-state index in [1.807, 2.05) is 24.8 Å². The van der Waals surface area contributed by atoms with E-state index in [0.29, 0.717) is 11.6 Å². The summed E-state index contributed by atoms with van der Waals surface area (Å²) in [7, 11) is 0. The minimum Gasteiger partial charge on any atom is -0.233 e. The van der Waals surface area contributed by atoms with Crippen LogP contribution >= 0.6 is 0 Å². The molecule has 0 aliphatic heterocycles. The molecule has 12 aromatic carbocycles. The predicted octanol–water partition coefficient (Wildman–Crippen LogP) is 20.9. The SMILES string of the molecule is c1ccc(-c2c(-c3ccccc3)c(-c3ccccc3)c(-c3cnc(-c4ncc(-c5c(-c6ccccc6)c(-c6ccccc6)c(-c6ccccc6)c(-c6ccccc6)c5-c5ccccc5)cn4)nc3)c(-c3ccccc3)c2-c2ccccc2)cc1. The average Bonchev–Trinajstić information content (AvgIpc) is 2.66. The van der Waals surface area contributed by atoms with Crippen LogP contribution in [0.2, 0.25) is 0 Å². The summed E-state index contributed by atoms with van der Waals surface area (Å²) in [6, 6.07) is 108. The van der Waals surface area contributed by atoms with Crippen molar-refractivity contribution in [1.29, 1.82) is 0 Å². The third kappa shape index (κ3) is 9.68. The molecule has 84 heavy (non-hydrogen) atoms. The van der Waals surface area contributed by atoms with Crippen LogP contribution in [0.4, 0.5) is 0 Å². The highest BCUT2D eigenvalue weighted by atomic mass is 15.0. The Morgan fingerprint density at radius 2 is 0.226 bits per heavy atom. The molecule has 0 saturated heterocycles. The van der Waals surface area contributed by atoms with Crippen LogP contribution in [0.1, 0.15) is 0 Å². The van der Waals surface area contributed by atoms with Crippen molar-refractivity contribution < 1.29 is 0 Å². The maximum Gasteiger partial charge on any atom is 0.197 e. The van der Waals surface area contributed by atoms with Crippen molar-refractivity contribution in [3.8, 4) is 145 Å². The van der Waals surface area contributed by atoms with Gasteiger partial charge in [-0.1, -0.05) is 303 Å². The highest BCUT2D eigenvalue weighted by molar-refractivity contribution is 6.17. The van der Waals surface area contributed by atoms with Gasteiger partial charge in [0.15, 0.2) is 11.6 Å². The summed E-state index contributed by atoms with van der Waals surface area (Å²) in [6.45, 7) is 0. The number of hydrogen-bond donors (Lipinski definition) is 0. The molecule has 0 N–H and O–H groups in total. The van der Waals surface area contributed by atoms with Gasteiger partial charge in [0, 0.05) is 47.0 Å². The first-order chi connectivity index (χ1) is 41.8. The molecule has 0 amide bonds. The summed E-state index contributed by atoms with van der Waals surface area (Å²) in [6.07, 6.45) is 7.84. The number of benzene rings is 12. The molecule has 2 heterocycles. The second-order valence-corrected chi connectivity index (χ2v) is 20.8. The molecule has 14 aromatic rings. The smallest absolute Gasteiger partial charge is 0.197 e. The zero-order valence-corrected chi connectivity index (χ0v) is 46.0. The fourth-order valence-corrected chi connectivity index (χ4v) is 12.2. The first-order valence-electron chi connectivity index (χ1n) is 28.4. The molecule has 0 fully saturated rings. The van der Waals surface area contributed by atoms with Crippen LogP contribution < -0.4 is 0 Å². The molecule has 14 rings (SSSR count). The van der Waals surface area contributed by atoms with Crippen molar-refractivity contribution in [2.45, 2.75) is 0 Å². The molecule has 0 aliphatic carbocycles. The van der Waals surface area contributed by atoms with Crippen LogP contribution in [-0.4, -0.2) is 19.9 Å². The largest absolute Gasteiger partial charge is 0.233 e. The predicted molar refractivity (Wildman–Crippen MR) is 348 cm³/mol. The Bertz CT molecular complexity index is 4030. The number of hydrogen-bond acceptors (Lipinski definition) is 4. The third-order valence-corrected chi connectivity index (χ3v) is 15.7. The lowest BCUT2D eigenvalue weighted by molar-refractivity contribution is 1.08. The summed E-state index contributed by atoms with van der Waals surface area (Å²) in [5.41, 5.74) is 25.9. The molecule has 4 heteroatoms. The van der Waals surface area contributed by atoms with E-state index in [1.54, 1.807) is 0 Å². The summed E-state index contributed by atoms with van der Waals surface area (Å²) in [4.78, 5) is 20.9. The first kappa shape index (κ1) is 51.0. The lowest BCUT2D eigenvalue weighted by atomic mass is 9.74. The van der Waals surface area contributed by atoms with Gasteiger partial charge in [0.2, 0.25) is 0 Å². The van der Waals surface area contributed by atoms with Crippen molar-refractivity contribution >= 4 is 0 Å². The van der Waals surface area contributed by atoms with Crippen LogP contribution in [0.25, 0.3) is 145 Å². The highest BCUT2D eigenvalue weighted by Gasteiger charge is 2.32. The van der Waals surface area contributed by atoms with Crippen LogP contribution in [0.15, 0.2) is 328 Å². The topological polar surface area (TPSA) is 51.6 Å². The average molecular weight is 1070 g/mol. The van der Waals surface area contributed by atoms with E-state index >= 15 is 0 Å². The van der Waals surface area contributed by atoms with E-state index in [9.17, 15) is 0 Å². The molecule has 0 spiro atoms. The molecule has 0 saturated carbocycles. The Morgan fingerprint density at radius 3 is 0.345 bits per heavy atom. The van der Waals surface area contributed by atoms with E-state index < -0.39 is 0 Å². The van der Waals surface area contributed by atoms with Gasteiger partial charge in [-0.3, -0.25) is 0 Å². The van der Waals surface area contributed by atoms with Crippen LogP contribution in [0.5, 0.6) is 0 Å². The Morgan fingerprint density at radius 1 is 0.119 bits per heavy atom. The zero-order chi connectivity index (χ0) is 56.0. The van der Waals surface area contributed by atoms with Gasteiger partial charge in [-0.15, -0.1) is 0 Å². The van der Waals surface area contributed by atoms with Gasteiger partial charge in [-0.05, 0) is 111 Å².